The number of aliphatic hydroxyl groups excluding tert-OH is 1. The number of aliphatic hydroxyl groups is 1. The van der Waals surface area contributed by atoms with Gasteiger partial charge in [-0.1, -0.05) is 66.4 Å². The summed E-state index contributed by atoms with van der Waals surface area (Å²) in [6, 6.07) is 23.0. The lowest BCUT2D eigenvalue weighted by molar-refractivity contribution is -0.245. The summed E-state index contributed by atoms with van der Waals surface area (Å²) in [5, 5.41) is 10.3. The molecular weight excluding hydrogens is 522 g/mol. The molecule has 10 heteroatoms. The third-order valence-electron chi connectivity index (χ3n) is 6.25. The van der Waals surface area contributed by atoms with Gasteiger partial charge in [-0.3, -0.25) is 4.72 Å². The molecule has 0 unspecified atom stereocenters. The minimum atomic E-state index is -3.73. The van der Waals surface area contributed by atoms with Crippen LogP contribution in [0.25, 0.3) is 0 Å². The van der Waals surface area contributed by atoms with E-state index >= 15 is 0 Å². The van der Waals surface area contributed by atoms with Crippen molar-refractivity contribution in [2.24, 2.45) is 7.05 Å². The molecule has 0 spiro atoms. The molecule has 0 amide bonds. The lowest BCUT2D eigenvalue weighted by Crippen LogP contribution is -2.31. The molecule has 1 aliphatic rings. The Hall–Kier alpha value is -3.15. The normalized spacial score (nSPS) is 19.8. The zero-order valence-corrected chi connectivity index (χ0v) is 22.4. The summed E-state index contributed by atoms with van der Waals surface area (Å²) in [7, 11) is -1.78. The van der Waals surface area contributed by atoms with Gasteiger partial charge in [-0.2, -0.15) is 0 Å². The number of hydrogen-bond acceptors (Lipinski definition) is 7. The first-order chi connectivity index (χ1) is 18.4. The molecule has 0 saturated carbocycles. The molecule has 0 aliphatic carbocycles. The molecule has 1 aromatic heterocycles. The van der Waals surface area contributed by atoms with Gasteiger partial charge in [0.1, 0.15) is 0 Å². The maximum absolute atomic E-state index is 12.9. The van der Waals surface area contributed by atoms with Crippen LogP contribution in [0.1, 0.15) is 35.5 Å². The summed E-state index contributed by atoms with van der Waals surface area (Å²) < 4.78 is 43.1. The van der Waals surface area contributed by atoms with E-state index in [0.717, 1.165) is 16.3 Å². The number of thioether (sulfide) groups is 1. The Morgan fingerprint density at radius 3 is 2.53 bits per heavy atom. The van der Waals surface area contributed by atoms with Gasteiger partial charge in [-0.05, 0) is 35.4 Å². The third-order valence-corrected chi connectivity index (χ3v) is 8.84. The van der Waals surface area contributed by atoms with E-state index in [2.05, 4.69) is 9.71 Å². The highest BCUT2D eigenvalue weighted by Gasteiger charge is 2.32. The number of hydrogen-bond donors (Lipinski definition) is 2. The van der Waals surface area contributed by atoms with Gasteiger partial charge in [0.25, 0.3) is 10.0 Å². The molecular formula is C28H29N3O5S2. The Balaban J connectivity index is 1.38. The number of ether oxygens (including phenoxy) is 2. The zero-order valence-electron chi connectivity index (χ0n) is 20.8. The highest BCUT2D eigenvalue weighted by atomic mass is 32.2. The first-order valence-corrected chi connectivity index (χ1v) is 14.7. The molecule has 1 aliphatic heterocycles. The fourth-order valence-electron chi connectivity index (χ4n) is 4.24. The van der Waals surface area contributed by atoms with Crippen molar-refractivity contribution in [3.63, 3.8) is 0 Å². The van der Waals surface area contributed by atoms with Gasteiger partial charge in [0.15, 0.2) is 11.4 Å². The van der Waals surface area contributed by atoms with Crippen LogP contribution in [0.2, 0.25) is 0 Å². The van der Waals surface area contributed by atoms with Crippen molar-refractivity contribution in [3.8, 4) is 0 Å². The van der Waals surface area contributed by atoms with Crippen LogP contribution in [0.4, 0.5) is 5.69 Å². The minimum Gasteiger partial charge on any atom is -0.392 e. The Morgan fingerprint density at radius 1 is 1.03 bits per heavy atom. The molecule has 1 saturated heterocycles. The van der Waals surface area contributed by atoms with E-state index in [1.165, 1.54) is 0 Å². The molecule has 3 aromatic carbocycles. The van der Waals surface area contributed by atoms with E-state index in [9.17, 15) is 13.5 Å². The van der Waals surface area contributed by atoms with E-state index in [0.29, 0.717) is 23.4 Å². The summed E-state index contributed by atoms with van der Waals surface area (Å²) >= 11 is 1.62. The Bertz CT molecular complexity index is 1460. The van der Waals surface area contributed by atoms with Crippen LogP contribution in [-0.2, 0) is 33.2 Å². The zero-order chi connectivity index (χ0) is 26.5. The van der Waals surface area contributed by atoms with Gasteiger partial charge in [-0.25, -0.2) is 13.4 Å². The molecule has 8 nitrogen and oxygen atoms in total. The highest BCUT2D eigenvalue weighted by Crippen LogP contribution is 2.39. The van der Waals surface area contributed by atoms with E-state index in [4.69, 9.17) is 9.47 Å². The van der Waals surface area contributed by atoms with Gasteiger partial charge >= 0.3 is 0 Å². The van der Waals surface area contributed by atoms with Gasteiger partial charge in [-0.15, -0.1) is 0 Å². The SMILES string of the molecule is Cn1ccnc1SC[C@H]1C[C@@H](c2ccc(CO)cc2)O[C@@H](c2cccc(NS(=O)(=O)c3ccccc3)c2)O1. The molecule has 0 radical (unpaired) electrons. The molecule has 0 bridgehead atoms. The first kappa shape index (κ1) is 26.5. The van der Waals surface area contributed by atoms with Crippen molar-refractivity contribution in [1.82, 2.24) is 9.55 Å². The van der Waals surface area contributed by atoms with Crippen molar-refractivity contribution in [2.75, 3.05) is 10.5 Å². The number of benzene rings is 3. The fourth-order valence-corrected chi connectivity index (χ4v) is 6.26. The molecule has 198 valence electrons. The maximum atomic E-state index is 12.9. The number of aryl methyl sites for hydroxylation is 1. The van der Waals surface area contributed by atoms with E-state index in [-0.39, 0.29) is 23.7 Å². The number of rotatable bonds is 9. The Morgan fingerprint density at radius 2 is 1.82 bits per heavy atom. The van der Waals surface area contributed by atoms with Crippen LogP contribution in [-0.4, -0.2) is 34.9 Å². The quantitative estimate of drug-likeness (QED) is 0.281. The predicted octanol–water partition coefficient (Wildman–Crippen LogP) is 5.05. The molecule has 3 atom stereocenters. The second-order valence-corrected chi connectivity index (χ2v) is 11.7. The summed E-state index contributed by atoms with van der Waals surface area (Å²) in [5.74, 6) is 0.677. The lowest BCUT2D eigenvalue weighted by atomic mass is 10.0. The van der Waals surface area contributed by atoms with Gasteiger partial charge in [0, 0.05) is 42.9 Å². The summed E-state index contributed by atoms with van der Waals surface area (Å²) in [4.78, 5) is 4.58. The smallest absolute Gasteiger partial charge is 0.261 e. The van der Waals surface area contributed by atoms with Gasteiger partial charge < -0.3 is 19.1 Å². The Labute approximate surface area is 226 Å². The van der Waals surface area contributed by atoms with Crippen molar-refractivity contribution in [3.05, 3.63) is 108 Å². The minimum absolute atomic E-state index is 0.0217. The molecule has 2 N–H and O–H groups in total. The monoisotopic (exact) mass is 551 g/mol. The highest BCUT2D eigenvalue weighted by molar-refractivity contribution is 7.99. The van der Waals surface area contributed by atoms with Crippen LogP contribution < -0.4 is 4.72 Å². The van der Waals surface area contributed by atoms with Gasteiger partial charge in [0.05, 0.1) is 23.7 Å². The molecule has 1 fully saturated rings. The number of anilines is 1. The number of nitrogens with zero attached hydrogens (tertiary/aromatic N) is 2. The summed E-state index contributed by atoms with van der Waals surface area (Å²) in [6.07, 6.45) is 3.25. The average Bonchev–Trinajstić information content (AvgIpc) is 3.36. The molecule has 2 heterocycles. The van der Waals surface area contributed by atoms with Gasteiger partial charge in [0.2, 0.25) is 0 Å². The summed E-state index contributed by atoms with van der Waals surface area (Å²) in [5.41, 5.74) is 2.95. The Kier molecular flexibility index (Phi) is 8.15. The van der Waals surface area contributed by atoms with Crippen LogP contribution in [0.5, 0.6) is 0 Å². The first-order valence-electron chi connectivity index (χ1n) is 12.2. The van der Waals surface area contributed by atoms with E-state index < -0.39 is 16.3 Å². The number of nitrogens with one attached hydrogen (secondary N) is 1. The average molecular weight is 552 g/mol. The third kappa shape index (κ3) is 6.28. The van der Waals surface area contributed by atoms with Crippen molar-refractivity contribution >= 4 is 27.5 Å². The van der Waals surface area contributed by atoms with Crippen molar-refractivity contribution in [1.29, 1.82) is 0 Å². The molecule has 38 heavy (non-hydrogen) atoms. The predicted molar refractivity (Wildman–Crippen MR) is 146 cm³/mol. The molecule has 4 aromatic rings. The number of sulfonamides is 1. The fraction of sp³-hybridized carbons (Fsp3) is 0.250. The van der Waals surface area contributed by atoms with Crippen LogP contribution >= 0.6 is 11.8 Å². The van der Waals surface area contributed by atoms with Crippen LogP contribution in [0.3, 0.4) is 0 Å². The summed E-state index contributed by atoms with van der Waals surface area (Å²) in [6.45, 7) is -0.0217. The molecule has 5 rings (SSSR count). The van der Waals surface area contributed by atoms with Crippen molar-refractivity contribution < 1.29 is 23.0 Å². The standard InChI is InChI=1S/C28H29N3O5S2/c1-31-15-14-29-28(31)37-19-24-17-26(21-12-10-20(18-32)11-13-21)36-27(35-24)22-6-5-7-23(16-22)30-38(33,34)25-8-3-2-4-9-25/h2-16,24,26-27,30,32H,17-19H2,1H3/t24-,26+,27+/m1/s1. The number of imidazole rings is 1. The topological polar surface area (TPSA) is 103 Å². The maximum Gasteiger partial charge on any atom is 0.261 e. The van der Waals surface area contributed by atoms with Crippen LogP contribution in [0.15, 0.2) is 101 Å². The lowest BCUT2D eigenvalue weighted by Gasteiger charge is -2.36. The second-order valence-electron chi connectivity index (χ2n) is 9.03. The van der Waals surface area contributed by atoms with Crippen molar-refractivity contribution in [2.45, 2.75) is 41.6 Å². The largest absolute Gasteiger partial charge is 0.392 e. The second kappa shape index (κ2) is 11.7. The van der Waals surface area contributed by atoms with E-state index in [1.807, 2.05) is 48.1 Å². The van der Waals surface area contributed by atoms with Crippen LogP contribution in [0, 0.1) is 0 Å². The number of aromatic nitrogens is 2. The van der Waals surface area contributed by atoms with E-state index in [1.54, 1.807) is 66.5 Å².